The van der Waals surface area contributed by atoms with E-state index in [0.717, 1.165) is 53.4 Å². The van der Waals surface area contributed by atoms with E-state index in [1.807, 2.05) is 20.8 Å². The zero-order valence-electron chi connectivity index (χ0n) is 17.8. The number of ether oxygens (including phenoxy) is 1. The van der Waals surface area contributed by atoms with Crippen LogP contribution in [-0.4, -0.2) is 40.2 Å². The fourth-order valence-corrected chi connectivity index (χ4v) is 5.55. The molecule has 4 rings (SSSR count). The fourth-order valence-electron chi connectivity index (χ4n) is 4.43. The topological polar surface area (TPSA) is 60.2 Å². The Morgan fingerprint density at radius 2 is 1.79 bits per heavy atom. The van der Waals surface area contributed by atoms with E-state index >= 15 is 0 Å². The summed E-state index contributed by atoms with van der Waals surface area (Å²) in [4.78, 5) is 25.6. The van der Waals surface area contributed by atoms with Gasteiger partial charge in [-0.15, -0.1) is 11.3 Å². The first-order valence-corrected chi connectivity index (χ1v) is 11.1. The molecular formula is C22H28N4O2S. The van der Waals surface area contributed by atoms with Crippen LogP contribution < -0.4 is 4.90 Å². The van der Waals surface area contributed by atoms with Crippen molar-refractivity contribution in [3.63, 3.8) is 0 Å². The lowest BCUT2D eigenvalue weighted by molar-refractivity contribution is 0.0531. The van der Waals surface area contributed by atoms with Gasteiger partial charge in [-0.2, -0.15) is 0 Å². The number of anilines is 1. The first-order chi connectivity index (χ1) is 13.9. The summed E-state index contributed by atoms with van der Waals surface area (Å²) in [6.45, 7) is 12.3. The summed E-state index contributed by atoms with van der Waals surface area (Å²) < 4.78 is 7.70. The number of carbonyl (C=O) groups excluding carboxylic acids is 1. The summed E-state index contributed by atoms with van der Waals surface area (Å²) in [5.41, 5.74) is 3.58. The molecule has 0 radical (unpaired) electrons. The van der Waals surface area contributed by atoms with Gasteiger partial charge < -0.3 is 14.2 Å². The Kier molecular flexibility index (Phi) is 5.34. The summed E-state index contributed by atoms with van der Waals surface area (Å²) in [5.74, 6) is 1.42. The van der Waals surface area contributed by atoms with Gasteiger partial charge in [0.1, 0.15) is 21.3 Å². The minimum Gasteiger partial charge on any atom is -0.462 e. The summed E-state index contributed by atoms with van der Waals surface area (Å²) >= 11 is 1.41. The predicted molar refractivity (Wildman–Crippen MR) is 117 cm³/mol. The Morgan fingerprint density at radius 3 is 2.41 bits per heavy atom. The lowest BCUT2D eigenvalue weighted by Gasteiger charge is -2.35. The van der Waals surface area contributed by atoms with E-state index < -0.39 is 0 Å². The van der Waals surface area contributed by atoms with Gasteiger partial charge in [0, 0.05) is 30.5 Å². The van der Waals surface area contributed by atoms with Crippen molar-refractivity contribution in [2.45, 2.75) is 53.5 Å². The first kappa shape index (κ1) is 19.9. The highest BCUT2D eigenvalue weighted by Crippen LogP contribution is 2.38. The van der Waals surface area contributed by atoms with Crippen LogP contribution in [0.4, 0.5) is 5.82 Å². The van der Waals surface area contributed by atoms with E-state index in [-0.39, 0.29) is 5.97 Å². The van der Waals surface area contributed by atoms with Crippen molar-refractivity contribution in [1.29, 1.82) is 0 Å². The smallest absolute Gasteiger partial charge is 0.348 e. The lowest BCUT2D eigenvalue weighted by Crippen LogP contribution is -2.36. The highest BCUT2D eigenvalue weighted by atomic mass is 32.1. The van der Waals surface area contributed by atoms with E-state index in [0.29, 0.717) is 17.5 Å². The Balaban J connectivity index is 1.65. The third kappa shape index (κ3) is 3.52. The van der Waals surface area contributed by atoms with Crippen LogP contribution in [0.1, 0.15) is 58.3 Å². The molecule has 0 amide bonds. The average Bonchev–Trinajstić information content (AvgIpc) is 3.20. The van der Waals surface area contributed by atoms with E-state index in [1.165, 1.54) is 22.7 Å². The van der Waals surface area contributed by atoms with Crippen molar-refractivity contribution in [3.05, 3.63) is 39.8 Å². The van der Waals surface area contributed by atoms with Crippen molar-refractivity contribution >= 4 is 33.3 Å². The number of rotatable bonds is 4. The maximum Gasteiger partial charge on any atom is 0.348 e. The van der Waals surface area contributed by atoms with Crippen LogP contribution in [0.15, 0.2) is 12.1 Å². The van der Waals surface area contributed by atoms with Crippen molar-refractivity contribution in [2.24, 2.45) is 0 Å². The molecule has 0 aliphatic carbocycles. The standard InChI is InChI=1S/C22H28N4O2S/c1-6-28-22(27)19-15(4)18-20(23-16(5)24-21(18)29-19)25-11-9-17(10-12-25)26-13(2)7-8-14(26)3/h7-8,17H,6,9-12H2,1-5H3. The number of piperidine rings is 1. The molecule has 6 nitrogen and oxygen atoms in total. The maximum atomic E-state index is 12.4. The second-order valence-corrected chi connectivity index (χ2v) is 8.75. The number of aryl methyl sites for hydroxylation is 4. The monoisotopic (exact) mass is 412 g/mol. The molecule has 154 valence electrons. The molecule has 0 atom stereocenters. The number of hydrogen-bond acceptors (Lipinski definition) is 6. The molecule has 0 saturated carbocycles. The molecule has 0 spiro atoms. The molecule has 0 unspecified atom stereocenters. The minimum atomic E-state index is -0.270. The molecule has 29 heavy (non-hydrogen) atoms. The molecule has 0 bridgehead atoms. The summed E-state index contributed by atoms with van der Waals surface area (Å²) in [7, 11) is 0. The van der Waals surface area contributed by atoms with Crippen LogP contribution in [0.2, 0.25) is 0 Å². The fraction of sp³-hybridized carbons (Fsp3) is 0.500. The molecular weight excluding hydrogens is 384 g/mol. The van der Waals surface area contributed by atoms with Gasteiger partial charge in [0.25, 0.3) is 0 Å². The summed E-state index contributed by atoms with van der Waals surface area (Å²) in [6, 6.07) is 4.92. The quantitative estimate of drug-likeness (QED) is 0.579. The van der Waals surface area contributed by atoms with Crippen molar-refractivity contribution in [2.75, 3.05) is 24.6 Å². The average molecular weight is 413 g/mol. The first-order valence-electron chi connectivity index (χ1n) is 10.2. The zero-order chi connectivity index (χ0) is 20.7. The van der Waals surface area contributed by atoms with Crippen LogP contribution in [0.5, 0.6) is 0 Å². The minimum absolute atomic E-state index is 0.270. The van der Waals surface area contributed by atoms with Crippen molar-refractivity contribution in [3.8, 4) is 0 Å². The van der Waals surface area contributed by atoms with Gasteiger partial charge in [0.05, 0.1) is 12.0 Å². The van der Waals surface area contributed by atoms with Gasteiger partial charge in [-0.05, 0) is 65.2 Å². The van der Waals surface area contributed by atoms with Gasteiger partial charge in [-0.1, -0.05) is 0 Å². The Hall–Kier alpha value is -2.41. The molecule has 1 aliphatic rings. The highest BCUT2D eigenvalue weighted by Gasteiger charge is 2.27. The predicted octanol–water partition coefficient (Wildman–Crippen LogP) is 4.74. The highest BCUT2D eigenvalue weighted by molar-refractivity contribution is 7.20. The van der Waals surface area contributed by atoms with Crippen molar-refractivity contribution < 1.29 is 9.53 Å². The Labute approximate surface area is 175 Å². The molecule has 7 heteroatoms. The van der Waals surface area contributed by atoms with Crippen LogP contribution in [0, 0.1) is 27.7 Å². The number of fused-ring (bicyclic) bond motifs is 1. The number of esters is 1. The number of nitrogens with zero attached hydrogens (tertiary/aromatic N) is 4. The van der Waals surface area contributed by atoms with E-state index in [2.05, 4.69) is 40.4 Å². The number of aromatic nitrogens is 3. The molecule has 0 aromatic carbocycles. The number of thiophene rings is 1. The normalized spacial score (nSPS) is 15.3. The molecule has 1 saturated heterocycles. The van der Waals surface area contributed by atoms with E-state index in [9.17, 15) is 4.79 Å². The number of carbonyl (C=O) groups is 1. The maximum absolute atomic E-state index is 12.4. The second kappa shape index (κ2) is 7.78. The zero-order valence-corrected chi connectivity index (χ0v) is 18.6. The number of hydrogen-bond donors (Lipinski definition) is 0. The third-order valence-electron chi connectivity index (χ3n) is 5.80. The van der Waals surface area contributed by atoms with E-state index in [4.69, 9.17) is 9.72 Å². The molecule has 3 aromatic heterocycles. The summed E-state index contributed by atoms with van der Waals surface area (Å²) in [5, 5.41) is 0.996. The molecule has 0 N–H and O–H groups in total. The molecule has 1 fully saturated rings. The second-order valence-electron chi connectivity index (χ2n) is 7.76. The molecule has 4 heterocycles. The van der Waals surface area contributed by atoms with Gasteiger partial charge in [-0.25, -0.2) is 14.8 Å². The van der Waals surface area contributed by atoms with Crippen LogP contribution in [0.3, 0.4) is 0 Å². The SMILES string of the molecule is CCOC(=O)c1sc2nc(C)nc(N3CCC(n4c(C)ccc4C)CC3)c2c1C. The van der Waals surface area contributed by atoms with Gasteiger partial charge in [0.2, 0.25) is 0 Å². The lowest BCUT2D eigenvalue weighted by atomic mass is 10.0. The Morgan fingerprint density at radius 1 is 1.14 bits per heavy atom. The van der Waals surface area contributed by atoms with Gasteiger partial charge in [-0.3, -0.25) is 0 Å². The third-order valence-corrected chi connectivity index (χ3v) is 6.96. The van der Waals surface area contributed by atoms with Crippen LogP contribution >= 0.6 is 11.3 Å². The van der Waals surface area contributed by atoms with E-state index in [1.54, 1.807) is 0 Å². The molecule has 3 aromatic rings. The summed E-state index contributed by atoms with van der Waals surface area (Å²) in [6.07, 6.45) is 2.16. The molecule has 1 aliphatic heterocycles. The van der Waals surface area contributed by atoms with Crippen molar-refractivity contribution in [1.82, 2.24) is 14.5 Å². The Bertz CT molecular complexity index is 1040. The van der Waals surface area contributed by atoms with Crippen LogP contribution in [0.25, 0.3) is 10.2 Å². The van der Waals surface area contributed by atoms with Crippen LogP contribution in [-0.2, 0) is 4.74 Å². The van der Waals surface area contributed by atoms with Gasteiger partial charge >= 0.3 is 5.97 Å². The largest absolute Gasteiger partial charge is 0.462 e. The van der Waals surface area contributed by atoms with Gasteiger partial charge in [0.15, 0.2) is 0 Å².